The SMILES string of the molecule is C[C@@H](CC1CCCCC1)NCc1ccccc1NS(=O)(=O)c1ccc(-c2csnn2)nc1. The van der Waals surface area contributed by atoms with Crippen molar-refractivity contribution in [1.82, 2.24) is 19.9 Å². The summed E-state index contributed by atoms with van der Waals surface area (Å²) in [6.07, 6.45) is 9.23. The van der Waals surface area contributed by atoms with Crippen LogP contribution in [-0.4, -0.2) is 29.0 Å². The van der Waals surface area contributed by atoms with Gasteiger partial charge in [-0.3, -0.25) is 9.71 Å². The van der Waals surface area contributed by atoms with Crippen molar-refractivity contribution < 1.29 is 8.42 Å². The van der Waals surface area contributed by atoms with Gasteiger partial charge in [-0.05, 0) is 54.6 Å². The monoisotopic (exact) mass is 471 g/mol. The van der Waals surface area contributed by atoms with E-state index in [2.05, 4.69) is 31.5 Å². The molecule has 0 spiro atoms. The average molecular weight is 472 g/mol. The van der Waals surface area contributed by atoms with E-state index in [4.69, 9.17) is 0 Å². The molecule has 0 radical (unpaired) electrons. The summed E-state index contributed by atoms with van der Waals surface area (Å²) in [6, 6.07) is 11.1. The number of hydrogen-bond acceptors (Lipinski definition) is 7. The molecule has 0 saturated heterocycles. The van der Waals surface area contributed by atoms with E-state index in [1.807, 2.05) is 18.2 Å². The fourth-order valence-corrected chi connectivity index (χ4v) is 5.73. The predicted octanol–water partition coefficient (Wildman–Crippen LogP) is 4.85. The van der Waals surface area contributed by atoms with Crippen molar-refractivity contribution in [3.63, 3.8) is 0 Å². The summed E-state index contributed by atoms with van der Waals surface area (Å²) >= 11 is 1.23. The molecular formula is C23H29N5O2S2. The van der Waals surface area contributed by atoms with Crippen molar-refractivity contribution in [3.05, 3.63) is 53.5 Å². The summed E-state index contributed by atoms with van der Waals surface area (Å²) in [5.41, 5.74) is 2.72. The Labute approximate surface area is 193 Å². The third-order valence-corrected chi connectivity index (χ3v) is 7.84. The molecule has 9 heteroatoms. The zero-order valence-corrected chi connectivity index (χ0v) is 19.8. The summed E-state index contributed by atoms with van der Waals surface area (Å²) in [4.78, 5) is 4.35. The second kappa shape index (κ2) is 10.5. The van der Waals surface area contributed by atoms with Crippen LogP contribution in [0.2, 0.25) is 0 Å². The Bertz CT molecular complexity index is 1100. The molecule has 0 aliphatic heterocycles. The molecule has 0 unspecified atom stereocenters. The van der Waals surface area contributed by atoms with E-state index >= 15 is 0 Å². The van der Waals surface area contributed by atoms with Gasteiger partial charge in [0, 0.05) is 24.2 Å². The summed E-state index contributed by atoms with van der Waals surface area (Å²) < 4.78 is 32.5. The van der Waals surface area contributed by atoms with Gasteiger partial charge in [0.05, 0.1) is 11.4 Å². The van der Waals surface area contributed by atoms with Gasteiger partial charge in [0.25, 0.3) is 10.0 Å². The number of anilines is 1. The van der Waals surface area contributed by atoms with E-state index in [1.165, 1.54) is 62.3 Å². The van der Waals surface area contributed by atoms with Crippen LogP contribution in [0.3, 0.4) is 0 Å². The Balaban J connectivity index is 1.40. The molecule has 1 aliphatic rings. The quantitative estimate of drug-likeness (QED) is 0.463. The number of benzene rings is 1. The Kier molecular flexibility index (Phi) is 7.49. The Morgan fingerprint density at radius 1 is 1.09 bits per heavy atom. The van der Waals surface area contributed by atoms with Gasteiger partial charge in [0.1, 0.15) is 10.6 Å². The minimum atomic E-state index is -3.76. The molecule has 3 aromatic rings. The summed E-state index contributed by atoms with van der Waals surface area (Å²) in [7, 11) is -3.76. The largest absolute Gasteiger partial charge is 0.310 e. The first-order chi connectivity index (χ1) is 15.5. The fourth-order valence-electron chi connectivity index (χ4n) is 4.24. The van der Waals surface area contributed by atoms with Crippen molar-refractivity contribution in [2.24, 2.45) is 5.92 Å². The number of para-hydroxylation sites is 1. The number of nitrogens with zero attached hydrogens (tertiary/aromatic N) is 3. The molecule has 0 amide bonds. The third kappa shape index (κ3) is 5.90. The molecule has 32 heavy (non-hydrogen) atoms. The minimum absolute atomic E-state index is 0.109. The van der Waals surface area contributed by atoms with Crippen molar-refractivity contribution in [3.8, 4) is 11.4 Å². The molecule has 2 aromatic heterocycles. The molecule has 1 fully saturated rings. The predicted molar refractivity (Wildman–Crippen MR) is 128 cm³/mol. The van der Waals surface area contributed by atoms with Crippen LogP contribution in [0.5, 0.6) is 0 Å². The number of hydrogen-bond donors (Lipinski definition) is 2. The van der Waals surface area contributed by atoms with E-state index in [9.17, 15) is 8.42 Å². The van der Waals surface area contributed by atoms with E-state index < -0.39 is 10.0 Å². The molecule has 2 N–H and O–H groups in total. The maximum absolute atomic E-state index is 13.0. The lowest BCUT2D eigenvalue weighted by Crippen LogP contribution is -2.29. The first kappa shape index (κ1) is 22.8. The number of sulfonamides is 1. The van der Waals surface area contributed by atoms with Gasteiger partial charge >= 0.3 is 0 Å². The van der Waals surface area contributed by atoms with E-state index in [1.54, 1.807) is 17.5 Å². The van der Waals surface area contributed by atoms with Crippen LogP contribution in [0, 0.1) is 5.92 Å². The first-order valence-electron chi connectivity index (χ1n) is 11.1. The molecule has 1 saturated carbocycles. The second-order valence-electron chi connectivity index (χ2n) is 8.45. The number of rotatable bonds is 9. The lowest BCUT2D eigenvalue weighted by Gasteiger charge is -2.25. The minimum Gasteiger partial charge on any atom is -0.310 e. The second-order valence-corrected chi connectivity index (χ2v) is 10.7. The molecular weight excluding hydrogens is 442 g/mol. The van der Waals surface area contributed by atoms with Gasteiger partial charge in [-0.1, -0.05) is 54.8 Å². The molecule has 7 nitrogen and oxygen atoms in total. The van der Waals surface area contributed by atoms with Crippen molar-refractivity contribution >= 4 is 27.2 Å². The molecule has 1 aromatic carbocycles. The molecule has 0 bridgehead atoms. The van der Waals surface area contributed by atoms with Crippen LogP contribution in [-0.2, 0) is 16.6 Å². The smallest absolute Gasteiger partial charge is 0.263 e. The van der Waals surface area contributed by atoms with Crippen LogP contribution in [0.4, 0.5) is 5.69 Å². The Morgan fingerprint density at radius 2 is 1.91 bits per heavy atom. The molecule has 2 heterocycles. The third-order valence-electron chi connectivity index (χ3n) is 5.98. The van der Waals surface area contributed by atoms with Crippen LogP contribution < -0.4 is 10.0 Å². The van der Waals surface area contributed by atoms with Crippen LogP contribution in [0.25, 0.3) is 11.4 Å². The van der Waals surface area contributed by atoms with E-state index in [0.717, 1.165) is 11.5 Å². The summed E-state index contributed by atoms with van der Waals surface area (Å²) in [5, 5.41) is 9.31. The molecule has 4 rings (SSSR count). The van der Waals surface area contributed by atoms with Gasteiger partial charge in [-0.15, -0.1) is 5.10 Å². The molecule has 170 valence electrons. The maximum Gasteiger partial charge on any atom is 0.263 e. The normalized spacial score (nSPS) is 16.0. The van der Waals surface area contributed by atoms with E-state index in [0.29, 0.717) is 29.7 Å². The van der Waals surface area contributed by atoms with Crippen molar-refractivity contribution in [1.29, 1.82) is 0 Å². The average Bonchev–Trinajstić information content (AvgIpc) is 3.34. The van der Waals surface area contributed by atoms with Crippen LogP contribution in [0.1, 0.15) is 51.0 Å². The highest BCUT2D eigenvalue weighted by Crippen LogP contribution is 2.27. The topological polar surface area (TPSA) is 96.9 Å². The highest BCUT2D eigenvalue weighted by atomic mass is 32.2. The summed E-state index contributed by atoms with van der Waals surface area (Å²) in [5.74, 6) is 0.801. The number of pyridine rings is 1. The maximum atomic E-state index is 13.0. The highest BCUT2D eigenvalue weighted by molar-refractivity contribution is 7.92. The highest BCUT2D eigenvalue weighted by Gasteiger charge is 2.19. The fraction of sp³-hybridized carbons (Fsp3) is 0.435. The Hall–Kier alpha value is -2.36. The molecule has 1 atom stereocenters. The van der Waals surface area contributed by atoms with Crippen LogP contribution in [0.15, 0.2) is 52.9 Å². The van der Waals surface area contributed by atoms with Crippen molar-refractivity contribution in [2.45, 2.75) is 62.9 Å². The Morgan fingerprint density at radius 3 is 2.62 bits per heavy atom. The lowest BCUT2D eigenvalue weighted by atomic mass is 9.85. The van der Waals surface area contributed by atoms with Gasteiger partial charge in [-0.2, -0.15) is 0 Å². The zero-order chi connectivity index (χ0) is 22.4. The van der Waals surface area contributed by atoms with Gasteiger partial charge in [0.2, 0.25) is 0 Å². The molecule has 1 aliphatic carbocycles. The van der Waals surface area contributed by atoms with E-state index in [-0.39, 0.29) is 4.90 Å². The lowest BCUT2D eigenvalue weighted by molar-refractivity contribution is 0.305. The van der Waals surface area contributed by atoms with Crippen LogP contribution >= 0.6 is 11.5 Å². The zero-order valence-electron chi connectivity index (χ0n) is 18.2. The standard InChI is InChI=1S/C23H29N5O2S2/c1-17(13-18-7-3-2-4-8-18)24-14-19-9-5-6-10-21(19)27-32(29,30)20-11-12-22(25-15-20)23-16-31-28-26-23/h5-6,9-12,15-18,24,27H,2-4,7-8,13-14H2,1H3/t17-/m0/s1. The number of nitrogens with one attached hydrogen (secondary N) is 2. The van der Waals surface area contributed by atoms with Gasteiger partial charge in [-0.25, -0.2) is 8.42 Å². The summed E-state index contributed by atoms with van der Waals surface area (Å²) in [6.45, 7) is 2.83. The number of aromatic nitrogens is 3. The van der Waals surface area contributed by atoms with Crippen molar-refractivity contribution in [2.75, 3.05) is 4.72 Å². The van der Waals surface area contributed by atoms with Gasteiger partial charge in [0.15, 0.2) is 0 Å². The van der Waals surface area contributed by atoms with Gasteiger partial charge < -0.3 is 5.32 Å². The first-order valence-corrected chi connectivity index (χ1v) is 13.4.